The predicted molar refractivity (Wildman–Crippen MR) is 115 cm³/mol. The number of piperidine rings is 1. The summed E-state index contributed by atoms with van der Waals surface area (Å²) in [6, 6.07) is 10.3. The highest BCUT2D eigenvalue weighted by molar-refractivity contribution is 6.31. The van der Waals surface area contributed by atoms with Crippen molar-refractivity contribution in [3.05, 3.63) is 75.3 Å². The summed E-state index contributed by atoms with van der Waals surface area (Å²) >= 11 is 6.00. The van der Waals surface area contributed by atoms with Crippen LogP contribution in [0.4, 0.5) is 0 Å². The molecular weight excluding hydrogens is 418 g/mol. The zero-order valence-corrected chi connectivity index (χ0v) is 17.4. The van der Waals surface area contributed by atoms with Gasteiger partial charge in [0.25, 0.3) is 11.5 Å². The number of likely N-dealkylation sites (tertiary alicyclic amines) is 1. The molecule has 7 nitrogen and oxygen atoms in total. The summed E-state index contributed by atoms with van der Waals surface area (Å²) in [6.07, 6.45) is 4.52. The van der Waals surface area contributed by atoms with Crippen LogP contribution < -0.4 is 10.3 Å². The number of pyridine rings is 1. The molecule has 0 unspecified atom stereocenters. The lowest BCUT2D eigenvalue weighted by Gasteiger charge is -2.38. The van der Waals surface area contributed by atoms with Crippen molar-refractivity contribution >= 4 is 28.9 Å². The number of Topliss-reactive ketones (excluding diaryl/α,β-unsaturated/α-hetero) is 1. The van der Waals surface area contributed by atoms with E-state index in [1.807, 2.05) is 0 Å². The molecule has 0 N–H and O–H groups in total. The van der Waals surface area contributed by atoms with Gasteiger partial charge in [-0.15, -0.1) is 0 Å². The largest absolute Gasteiger partial charge is 0.489 e. The van der Waals surface area contributed by atoms with Gasteiger partial charge in [0.15, 0.2) is 5.78 Å². The van der Waals surface area contributed by atoms with Gasteiger partial charge < -0.3 is 9.64 Å². The molecule has 2 aliphatic heterocycles. The minimum atomic E-state index is -0.382. The number of carbonyl (C=O) groups excluding carboxylic acids is 2. The molecule has 2 aliphatic rings. The first-order valence-corrected chi connectivity index (χ1v) is 10.6. The van der Waals surface area contributed by atoms with Gasteiger partial charge in [-0.05, 0) is 43.2 Å². The lowest BCUT2D eigenvalue weighted by molar-refractivity contribution is 0.0408. The van der Waals surface area contributed by atoms with Crippen LogP contribution in [0.15, 0.2) is 53.6 Å². The van der Waals surface area contributed by atoms with Gasteiger partial charge in [0, 0.05) is 42.8 Å². The van der Waals surface area contributed by atoms with Gasteiger partial charge in [-0.3, -0.25) is 18.8 Å². The van der Waals surface area contributed by atoms with E-state index in [1.165, 1.54) is 10.6 Å². The van der Waals surface area contributed by atoms with Crippen molar-refractivity contribution in [3.8, 4) is 5.75 Å². The molecule has 3 aromatic rings. The van der Waals surface area contributed by atoms with E-state index in [0.717, 1.165) is 12.8 Å². The normalized spacial score (nSPS) is 20.9. The fourth-order valence-electron chi connectivity index (χ4n) is 4.42. The summed E-state index contributed by atoms with van der Waals surface area (Å²) in [6.45, 7) is 0.982. The molecule has 1 aromatic carbocycles. The van der Waals surface area contributed by atoms with Crippen LogP contribution in [0.1, 0.15) is 40.0 Å². The molecule has 2 aromatic heterocycles. The molecule has 0 aliphatic carbocycles. The van der Waals surface area contributed by atoms with Crippen LogP contribution >= 0.6 is 11.6 Å². The van der Waals surface area contributed by atoms with E-state index in [0.29, 0.717) is 35.1 Å². The zero-order valence-electron chi connectivity index (χ0n) is 16.7. The lowest BCUT2D eigenvalue weighted by atomic mass is 9.86. The molecule has 0 saturated carbocycles. The molecule has 4 heterocycles. The Kier molecular flexibility index (Phi) is 4.98. The van der Waals surface area contributed by atoms with Crippen molar-refractivity contribution in [2.24, 2.45) is 5.92 Å². The first kappa shape index (κ1) is 19.8. The molecule has 1 amide bonds. The Morgan fingerprint density at radius 2 is 2.06 bits per heavy atom. The van der Waals surface area contributed by atoms with E-state index in [1.54, 1.807) is 47.5 Å². The second-order valence-electron chi connectivity index (χ2n) is 7.98. The van der Waals surface area contributed by atoms with Crippen LogP contribution in [0.5, 0.6) is 5.75 Å². The van der Waals surface area contributed by atoms with Crippen LogP contribution in [0, 0.1) is 5.92 Å². The van der Waals surface area contributed by atoms with Crippen molar-refractivity contribution in [1.29, 1.82) is 0 Å². The fraction of sp³-hybridized carbons (Fsp3) is 0.304. The molecule has 31 heavy (non-hydrogen) atoms. The highest BCUT2D eigenvalue weighted by atomic mass is 35.5. The van der Waals surface area contributed by atoms with Crippen LogP contribution in [-0.2, 0) is 0 Å². The summed E-state index contributed by atoms with van der Waals surface area (Å²) in [5.74, 6) is 0.191. The topological polar surface area (TPSA) is 81.0 Å². The molecule has 1 fully saturated rings. The molecule has 0 bridgehead atoms. The van der Waals surface area contributed by atoms with E-state index in [9.17, 15) is 14.4 Å². The number of hydrogen-bond donors (Lipinski definition) is 0. The Bertz CT molecular complexity index is 1260. The lowest BCUT2D eigenvalue weighted by Crippen LogP contribution is -2.47. The number of hydrogen-bond acceptors (Lipinski definition) is 5. The van der Waals surface area contributed by atoms with Crippen molar-refractivity contribution < 1.29 is 14.3 Å². The summed E-state index contributed by atoms with van der Waals surface area (Å²) in [5, 5.41) is 0.499. The molecule has 8 heteroatoms. The highest BCUT2D eigenvalue weighted by Gasteiger charge is 2.36. The Balaban J connectivity index is 1.37. The summed E-state index contributed by atoms with van der Waals surface area (Å²) in [7, 11) is 0. The number of carbonyl (C=O) groups is 2. The number of ether oxygens (including phenoxy) is 1. The van der Waals surface area contributed by atoms with Gasteiger partial charge in [0.2, 0.25) is 0 Å². The standard InChI is InChI=1S/C23H20ClN3O4/c24-15-6-7-19-16(10-15)18(28)11-20(31-19)14-4-3-8-26(13-14)22(29)17-12-25-21-5-1-2-9-27(21)23(17)30/h1-2,5-7,9-10,12,14,20H,3-4,8,11,13H2/t14-,20-/m1/s1. The van der Waals surface area contributed by atoms with Crippen molar-refractivity contribution in [2.45, 2.75) is 25.4 Å². The molecule has 0 radical (unpaired) electrons. The van der Waals surface area contributed by atoms with Crippen LogP contribution in [-0.4, -0.2) is 45.2 Å². The van der Waals surface area contributed by atoms with E-state index in [-0.39, 0.29) is 41.3 Å². The number of rotatable bonds is 2. The Labute approximate surface area is 183 Å². The molecular formula is C23H20ClN3O4. The second kappa shape index (κ2) is 7.81. The average molecular weight is 438 g/mol. The van der Waals surface area contributed by atoms with Gasteiger partial charge >= 0.3 is 0 Å². The zero-order chi connectivity index (χ0) is 21.5. The van der Waals surface area contributed by atoms with Crippen molar-refractivity contribution in [3.63, 3.8) is 0 Å². The van der Waals surface area contributed by atoms with Gasteiger partial charge in [-0.25, -0.2) is 4.98 Å². The number of halogens is 1. The van der Waals surface area contributed by atoms with Gasteiger partial charge in [0.1, 0.15) is 23.1 Å². The average Bonchev–Trinajstić information content (AvgIpc) is 2.79. The Morgan fingerprint density at radius 1 is 1.19 bits per heavy atom. The maximum Gasteiger partial charge on any atom is 0.270 e. The van der Waals surface area contributed by atoms with Gasteiger partial charge in [-0.1, -0.05) is 17.7 Å². The number of aromatic nitrogens is 2. The molecule has 1 saturated heterocycles. The fourth-order valence-corrected chi connectivity index (χ4v) is 4.60. The number of nitrogens with zero attached hydrogens (tertiary/aromatic N) is 3. The third-order valence-corrected chi connectivity index (χ3v) is 6.26. The quantitative estimate of drug-likeness (QED) is 0.614. The maximum atomic E-state index is 13.1. The summed E-state index contributed by atoms with van der Waals surface area (Å²) in [4.78, 5) is 44.5. The van der Waals surface area contributed by atoms with Gasteiger partial charge in [0.05, 0.1) is 5.56 Å². The number of ketones is 1. The van der Waals surface area contributed by atoms with E-state index < -0.39 is 0 Å². The molecule has 158 valence electrons. The van der Waals surface area contributed by atoms with Crippen LogP contribution in [0.3, 0.4) is 0 Å². The predicted octanol–water partition coefficient (Wildman–Crippen LogP) is 3.23. The number of benzene rings is 1. The number of fused-ring (bicyclic) bond motifs is 2. The molecule has 0 spiro atoms. The third-order valence-electron chi connectivity index (χ3n) is 6.02. The van der Waals surface area contributed by atoms with Crippen molar-refractivity contribution in [2.75, 3.05) is 13.1 Å². The van der Waals surface area contributed by atoms with Gasteiger partial charge in [-0.2, -0.15) is 0 Å². The first-order chi connectivity index (χ1) is 15.0. The second-order valence-corrected chi connectivity index (χ2v) is 8.42. The number of amides is 1. The summed E-state index contributed by atoms with van der Waals surface area (Å²) in [5.41, 5.74) is 0.661. The van der Waals surface area contributed by atoms with Crippen LogP contribution in [0.25, 0.3) is 5.65 Å². The molecule has 5 rings (SSSR count). The minimum absolute atomic E-state index is 0.00153. The molecule has 2 atom stereocenters. The van der Waals surface area contributed by atoms with E-state index >= 15 is 0 Å². The van der Waals surface area contributed by atoms with E-state index in [4.69, 9.17) is 16.3 Å². The first-order valence-electron chi connectivity index (χ1n) is 10.3. The highest BCUT2D eigenvalue weighted by Crippen LogP contribution is 2.34. The van der Waals surface area contributed by atoms with Crippen LogP contribution in [0.2, 0.25) is 5.02 Å². The third kappa shape index (κ3) is 3.59. The monoisotopic (exact) mass is 437 g/mol. The summed E-state index contributed by atoms with van der Waals surface area (Å²) < 4.78 is 7.49. The van der Waals surface area contributed by atoms with Crippen molar-refractivity contribution in [1.82, 2.24) is 14.3 Å². The Hall–Kier alpha value is -3.19. The maximum absolute atomic E-state index is 13.1. The van der Waals surface area contributed by atoms with E-state index in [2.05, 4.69) is 4.98 Å². The SMILES string of the molecule is O=C1C[C@H]([C@@H]2CCCN(C(=O)c3cnc4ccccn4c3=O)C2)Oc2ccc(Cl)cc21. The minimum Gasteiger partial charge on any atom is -0.489 e. The Morgan fingerprint density at radius 3 is 2.94 bits per heavy atom. The smallest absolute Gasteiger partial charge is 0.270 e.